The summed E-state index contributed by atoms with van der Waals surface area (Å²) in [7, 11) is -3.35. The lowest BCUT2D eigenvalue weighted by Crippen LogP contribution is -2.31. The maximum Gasteiger partial charge on any atom is 0.322 e. The Morgan fingerprint density at radius 2 is 2.14 bits per heavy atom. The molecule has 1 N–H and O–H groups in total. The van der Waals surface area contributed by atoms with Gasteiger partial charge in [-0.05, 0) is 6.42 Å². The van der Waals surface area contributed by atoms with E-state index in [0.29, 0.717) is 0 Å². The van der Waals surface area contributed by atoms with Gasteiger partial charge in [0, 0.05) is 6.54 Å². The molecule has 0 aromatic rings. The highest BCUT2D eigenvalue weighted by Gasteiger charge is 2.37. The number of esters is 1. The first kappa shape index (κ1) is 13.6. The molecule has 1 aliphatic rings. The second kappa shape index (κ2) is 4.90. The summed E-state index contributed by atoms with van der Waals surface area (Å²) in [6.07, 6.45) is -0.0640. The molecular weight excluding hydrogens is 237 g/mol. The molecule has 8 heteroatoms. The van der Waals surface area contributed by atoms with Gasteiger partial charge in [0.25, 0.3) is 0 Å². The van der Waals surface area contributed by atoms with Crippen LogP contribution in [0.5, 0.6) is 0 Å². The molecule has 0 bridgehead atoms. The fraction of sp³-hybridized carbons (Fsp3) is 0.833. The van der Waals surface area contributed by atoms with E-state index in [9.17, 15) is 17.1 Å². The summed E-state index contributed by atoms with van der Waals surface area (Å²) < 4.78 is 37.7. The minimum absolute atomic E-state index is 0. The van der Waals surface area contributed by atoms with Crippen LogP contribution in [0.15, 0.2) is 0 Å². The zero-order valence-electron chi connectivity index (χ0n) is 7.40. The van der Waals surface area contributed by atoms with Crippen LogP contribution < -0.4 is 5.32 Å². The first-order chi connectivity index (χ1) is 5.95. The van der Waals surface area contributed by atoms with Crippen LogP contribution in [0.25, 0.3) is 0 Å². The highest BCUT2D eigenvalue weighted by Crippen LogP contribution is 2.16. The number of nitrogens with one attached hydrogen (secondary N) is 1. The maximum absolute atomic E-state index is 12.4. The first-order valence-corrected chi connectivity index (χ1v) is 5.14. The van der Waals surface area contributed by atoms with Crippen LogP contribution in [-0.4, -0.2) is 39.3 Å². The van der Waals surface area contributed by atoms with Crippen LogP contribution in [-0.2, 0) is 19.8 Å². The number of carbonyl (C=O) groups excluding carboxylic acids is 1. The number of hydrogen-bond donors (Lipinski definition) is 1. The average molecular weight is 248 g/mol. The summed E-state index contributed by atoms with van der Waals surface area (Å²) in [5.41, 5.74) is 0. The van der Waals surface area contributed by atoms with Crippen molar-refractivity contribution in [1.29, 1.82) is 0 Å². The van der Waals surface area contributed by atoms with Crippen LogP contribution in [0.2, 0.25) is 0 Å². The summed E-state index contributed by atoms with van der Waals surface area (Å²) in [6.45, 7) is -0.0431. The fourth-order valence-electron chi connectivity index (χ4n) is 1.24. The van der Waals surface area contributed by atoms with Crippen LogP contribution in [0.4, 0.5) is 3.89 Å². The smallest absolute Gasteiger partial charge is 0.322 e. The van der Waals surface area contributed by atoms with Gasteiger partial charge >= 0.3 is 16.2 Å². The Morgan fingerprint density at radius 1 is 1.57 bits per heavy atom. The Hall–Kier alpha value is -0.400. The molecule has 2 atom stereocenters. The summed E-state index contributed by atoms with van der Waals surface area (Å²) >= 11 is 0. The van der Waals surface area contributed by atoms with Gasteiger partial charge in [-0.1, -0.05) is 0 Å². The van der Waals surface area contributed by atoms with E-state index < -0.39 is 27.5 Å². The Morgan fingerprint density at radius 3 is 2.50 bits per heavy atom. The van der Waals surface area contributed by atoms with Gasteiger partial charge in [0.1, 0.15) is 11.3 Å². The van der Waals surface area contributed by atoms with Crippen molar-refractivity contribution in [3.63, 3.8) is 0 Å². The molecule has 0 spiro atoms. The van der Waals surface area contributed by atoms with Gasteiger partial charge in [-0.15, -0.1) is 16.3 Å². The molecule has 0 aromatic carbocycles. The lowest BCUT2D eigenvalue weighted by atomic mass is 10.2. The van der Waals surface area contributed by atoms with E-state index in [1.165, 1.54) is 7.11 Å². The van der Waals surface area contributed by atoms with Crippen molar-refractivity contribution in [2.45, 2.75) is 17.7 Å². The predicted molar refractivity (Wildman–Crippen MR) is 49.5 cm³/mol. The SMILES string of the molecule is COC(=O)[C@@H]1C[C@H](S(=O)(=O)F)CN1.Cl. The average Bonchev–Trinajstić information content (AvgIpc) is 2.50. The van der Waals surface area contributed by atoms with E-state index in [0.717, 1.165) is 0 Å². The van der Waals surface area contributed by atoms with Crippen LogP contribution in [0.3, 0.4) is 0 Å². The molecule has 1 aliphatic heterocycles. The Bertz CT molecular complexity index is 307. The molecule has 0 unspecified atom stereocenters. The zero-order valence-corrected chi connectivity index (χ0v) is 9.03. The highest BCUT2D eigenvalue weighted by molar-refractivity contribution is 7.87. The van der Waals surface area contributed by atoms with Crippen molar-refractivity contribution in [2.75, 3.05) is 13.7 Å². The Kier molecular flexibility index (Phi) is 4.76. The topological polar surface area (TPSA) is 72.5 Å². The van der Waals surface area contributed by atoms with E-state index in [1.54, 1.807) is 0 Å². The van der Waals surface area contributed by atoms with Crippen molar-refractivity contribution >= 4 is 28.6 Å². The second-order valence-electron chi connectivity index (χ2n) is 2.82. The fourth-order valence-corrected chi connectivity index (χ4v) is 1.96. The van der Waals surface area contributed by atoms with E-state index in [4.69, 9.17) is 0 Å². The largest absolute Gasteiger partial charge is 0.468 e. The molecule has 1 fully saturated rings. The van der Waals surface area contributed by atoms with Crippen LogP contribution in [0, 0.1) is 0 Å². The van der Waals surface area contributed by atoms with Crippen molar-refractivity contribution < 1.29 is 21.8 Å². The molecule has 84 valence electrons. The molecule has 14 heavy (non-hydrogen) atoms. The predicted octanol–water partition coefficient (Wildman–Crippen LogP) is -0.389. The van der Waals surface area contributed by atoms with E-state index in [2.05, 4.69) is 10.1 Å². The highest BCUT2D eigenvalue weighted by atomic mass is 35.5. The molecule has 5 nitrogen and oxygen atoms in total. The van der Waals surface area contributed by atoms with Crippen molar-refractivity contribution in [1.82, 2.24) is 5.32 Å². The van der Waals surface area contributed by atoms with E-state index >= 15 is 0 Å². The lowest BCUT2D eigenvalue weighted by Gasteiger charge is -2.05. The van der Waals surface area contributed by atoms with Gasteiger partial charge < -0.3 is 10.1 Å². The number of halogens is 2. The van der Waals surface area contributed by atoms with E-state index in [1.807, 2.05) is 0 Å². The molecule has 1 heterocycles. The standard InChI is InChI=1S/C6H10FNO4S.ClH/c1-12-6(9)5-2-4(3-8-5)13(7,10)11;/h4-5,8H,2-3H2,1H3;1H/t4-,5-;/m0./s1. The third-order valence-electron chi connectivity index (χ3n) is 1.97. The van der Waals surface area contributed by atoms with Gasteiger partial charge in [-0.2, -0.15) is 8.42 Å². The molecule has 0 radical (unpaired) electrons. The van der Waals surface area contributed by atoms with Gasteiger partial charge in [0.2, 0.25) is 0 Å². The van der Waals surface area contributed by atoms with Crippen LogP contribution in [0.1, 0.15) is 6.42 Å². The summed E-state index contributed by atoms with van der Waals surface area (Å²) in [6, 6.07) is -0.708. The number of rotatable bonds is 2. The Balaban J connectivity index is 0.00000169. The van der Waals surface area contributed by atoms with Crippen LogP contribution >= 0.6 is 12.4 Å². The lowest BCUT2D eigenvalue weighted by molar-refractivity contribution is -0.142. The minimum atomic E-state index is -4.55. The third kappa shape index (κ3) is 3.07. The molecule has 0 amide bonds. The number of hydrogen-bond acceptors (Lipinski definition) is 5. The quantitative estimate of drug-likeness (QED) is 0.532. The monoisotopic (exact) mass is 247 g/mol. The zero-order chi connectivity index (χ0) is 10.1. The van der Waals surface area contributed by atoms with Gasteiger partial charge in [-0.3, -0.25) is 4.79 Å². The number of ether oxygens (including phenoxy) is 1. The minimum Gasteiger partial charge on any atom is -0.468 e. The number of carbonyl (C=O) groups is 1. The summed E-state index contributed by atoms with van der Waals surface area (Å²) in [4.78, 5) is 10.9. The van der Waals surface area contributed by atoms with Crippen molar-refractivity contribution in [3.8, 4) is 0 Å². The summed E-state index contributed by atoms with van der Waals surface area (Å²) in [5.74, 6) is -0.564. The number of methoxy groups -OCH3 is 1. The maximum atomic E-state index is 12.4. The first-order valence-electron chi connectivity index (χ1n) is 3.70. The normalized spacial score (nSPS) is 26.7. The molecular formula is C6H11ClFNO4S. The van der Waals surface area contributed by atoms with Crippen molar-refractivity contribution in [3.05, 3.63) is 0 Å². The van der Waals surface area contributed by atoms with Gasteiger partial charge in [0.05, 0.1) is 7.11 Å². The second-order valence-corrected chi connectivity index (χ2v) is 4.44. The van der Waals surface area contributed by atoms with Gasteiger partial charge in [0.15, 0.2) is 0 Å². The third-order valence-corrected chi connectivity index (χ3v) is 3.13. The van der Waals surface area contributed by atoms with Crippen molar-refractivity contribution in [2.24, 2.45) is 0 Å². The molecule has 0 aliphatic carbocycles. The molecule has 1 rings (SSSR count). The summed E-state index contributed by atoms with van der Waals surface area (Å²) in [5, 5.41) is 1.44. The van der Waals surface area contributed by atoms with E-state index in [-0.39, 0.29) is 25.4 Å². The van der Waals surface area contributed by atoms with Gasteiger partial charge in [-0.25, -0.2) is 0 Å². The molecule has 0 saturated carbocycles. The molecule has 1 saturated heterocycles. The molecule has 0 aromatic heterocycles. The Labute approximate surface area is 87.6 Å².